The molecule has 198 valence electrons. The van der Waals surface area contributed by atoms with Crippen molar-refractivity contribution in [2.24, 2.45) is 11.8 Å². The molecular weight excluding hydrogens is 404 g/mol. The predicted octanol–water partition coefficient (Wildman–Crippen LogP) is 10.8. The fourth-order valence-corrected chi connectivity index (χ4v) is 4.53. The van der Waals surface area contributed by atoms with E-state index in [9.17, 15) is 4.79 Å². The zero-order chi connectivity index (χ0) is 24.4. The van der Waals surface area contributed by atoms with Crippen LogP contribution >= 0.6 is 0 Å². The molecule has 0 N–H and O–H groups in total. The second-order valence-electron chi connectivity index (χ2n) is 11.2. The predicted molar refractivity (Wildman–Crippen MR) is 147 cm³/mol. The van der Waals surface area contributed by atoms with Crippen LogP contribution in [-0.2, 0) is 9.53 Å². The van der Waals surface area contributed by atoms with Crippen molar-refractivity contribution in [1.29, 1.82) is 0 Å². The SMILES string of the molecule is CCC(C)CCCCCCCCCCCCC(=O)OCCCCCCCCCCCC(C)C. The maximum atomic E-state index is 11.8. The van der Waals surface area contributed by atoms with Crippen LogP contribution in [0.15, 0.2) is 0 Å². The smallest absolute Gasteiger partial charge is 0.305 e. The van der Waals surface area contributed by atoms with E-state index in [-0.39, 0.29) is 5.97 Å². The van der Waals surface area contributed by atoms with Crippen LogP contribution in [0.4, 0.5) is 0 Å². The van der Waals surface area contributed by atoms with Crippen molar-refractivity contribution < 1.29 is 9.53 Å². The van der Waals surface area contributed by atoms with Crippen LogP contribution in [-0.4, -0.2) is 12.6 Å². The molecule has 0 aliphatic carbocycles. The number of esters is 1. The highest BCUT2D eigenvalue weighted by molar-refractivity contribution is 5.69. The van der Waals surface area contributed by atoms with Gasteiger partial charge in [-0.25, -0.2) is 0 Å². The molecule has 0 heterocycles. The molecule has 33 heavy (non-hydrogen) atoms. The Morgan fingerprint density at radius 2 is 0.939 bits per heavy atom. The average Bonchev–Trinajstić information content (AvgIpc) is 2.80. The van der Waals surface area contributed by atoms with Crippen molar-refractivity contribution in [1.82, 2.24) is 0 Å². The lowest BCUT2D eigenvalue weighted by molar-refractivity contribution is -0.143. The van der Waals surface area contributed by atoms with E-state index in [1.165, 1.54) is 128 Å². The Balaban J connectivity index is 3.18. The van der Waals surface area contributed by atoms with Crippen molar-refractivity contribution in [3.63, 3.8) is 0 Å². The fraction of sp³-hybridized carbons (Fsp3) is 0.968. The zero-order valence-electron chi connectivity index (χ0n) is 23.4. The molecule has 0 saturated carbocycles. The van der Waals surface area contributed by atoms with Crippen molar-refractivity contribution in [2.75, 3.05) is 6.61 Å². The van der Waals surface area contributed by atoms with E-state index in [4.69, 9.17) is 4.74 Å². The van der Waals surface area contributed by atoms with Crippen LogP contribution in [0.3, 0.4) is 0 Å². The van der Waals surface area contributed by atoms with Gasteiger partial charge in [0.15, 0.2) is 0 Å². The molecule has 0 aromatic carbocycles. The summed E-state index contributed by atoms with van der Waals surface area (Å²) < 4.78 is 5.41. The van der Waals surface area contributed by atoms with Crippen LogP contribution in [0.5, 0.6) is 0 Å². The molecule has 2 heteroatoms. The first kappa shape index (κ1) is 32.5. The highest BCUT2D eigenvalue weighted by Gasteiger charge is 2.03. The van der Waals surface area contributed by atoms with E-state index in [0.717, 1.165) is 24.7 Å². The third kappa shape index (κ3) is 27.6. The van der Waals surface area contributed by atoms with E-state index >= 15 is 0 Å². The van der Waals surface area contributed by atoms with Gasteiger partial charge >= 0.3 is 5.97 Å². The van der Waals surface area contributed by atoms with Gasteiger partial charge in [-0.05, 0) is 24.7 Å². The summed E-state index contributed by atoms with van der Waals surface area (Å²) in [6, 6.07) is 0. The molecule has 0 radical (unpaired) electrons. The monoisotopic (exact) mass is 466 g/mol. The molecule has 2 nitrogen and oxygen atoms in total. The molecule has 0 aromatic rings. The minimum atomic E-state index is 0.0220. The normalized spacial score (nSPS) is 12.4. The van der Waals surface area contributed by atoms with E-state index in [0.29, 0.717) is 13.0 Å². The van der Waals surface area contributed by atoms with Gasteiger partial charge in [-0.1, -0.05) is 156 Å². The standard InChI is InChI=1S/C31H62O2/c1-5-30(4)26-22-18-14-10-6-7-11-15-19-23-27-31(32)33-28-24-20-16-12-8-9-13-17-21-25-29(2)3/h29-30H,5-28H2,1-4H3. The van der Waals surface area contributed by atoms with Gasteiger partial charge in [-0.15, -0.1) is 0 Å². The Hall–Kier alpha value is -0.530. The van der Waals surface area contributed by atoms with Gasteiger partial charge in [0.05, 0.1) is 6.61 Å². The highest BCUT2D eigenvalue weighted by Crippen LogP contribution is 2.16. The van der Waals surface area contributed by atoms with E-state index in [1.807, 2.05) is 0 Å². The molecular formula is C31H62O2. The van der Waals surface area contributed by atoms with Crippen LogP contribution in [0.1, 0.15) is 175 Å². The Labute approximate surface area is 209 Å². The Morgan fingerprint density at radius 3 is 1.39 bits per heavy atom. The van der Waals surface area contributed by atoms with Crippen molar-refractivity contribution in [3.05, 3.63) is 0 Å². The lowest BCUT2D eigenvalue weighted by atomic mass is 9.99. The Kier molecular flexibility index (Phi) is 25.7. The summed E-state index contributed by atoms with van der Waals surface area (Å²) in [5.74, 6) is 1.79. The minimum absolute atomic E-state index is 0.0220. The summed E-state index contributed by atoms with van der Waals surface area (Å²) in [7, 11) is 0. The van der Waals surface area contributed by atoms with Crippen molar-refractivity contribution in [3.8, 4) is 0 Å². The summed E-state index contributed by atoms with van der Waals surface area (Å²) in [4.78, 5) is 11.8. The van der Waals surface area contributed by atoms with Gasteiger partial charge in [-0.3, -0.25) is 4.79 Å². The van der Waals surface area contributed by atoms with Gasteiger partial charge in [0.2, 0.25) is 0 Å². The molecule has 0 saturated heterocycles. The lowest BCUT2D eigenvalue weighted by Crippen LogP contribution is -2.05. The van der Waals surface area contributed by atoms with Gasteiger partial charge in [0.25, 0.3) is 0 Å². The number of unbranched alkanes of at least 4 members (excludes halogenated alkanes) is 17. The zero-order valence-corrected chi connectivity index (χ0v) is 23.4. The van der Waals surface area contributed by atoms with Crippen LogP contribution in [0, 0.1) is 11.8 Å². The van der Waals surface area contributed by atoms with Crippen LogP contribution in [0.2, 0.25) is 0 Å². The summed E-state index contributed by atoms with van der Waals surface area (Å²) in [6.45, 7) is 9.94. The van der Waals surface area contributed by atoms with Crippen molar-refractivity contribution in [2.45, 2.75) is 175 Å². The Morgan fingerprint density at radius 1 is 0.545 bits per heavy atom. The third-order valence-electron chi connectivity index (χ3n) is 7.21. The molecule has 1 atom stereocenters. The number of hydrogen-bond donors (Lipinski definition) is 0. The number of hydrogen-bond acceptors (Lipinski definition) is 2. The quantitative estimate of drug-likeness (QED) is 0.0935. The van der Waals surface area contributed by atoms with Gasteiger partial charge in [0, 0.05) is 6.42 Å². The molecule has 0 aromatic heterocycles. The molecule has 0 aliphatic heterocycles. The molecule has 1 unspecified atom stereocenters. The van der Waals surface area contributed by atoms with Gasteiger partial charge in [0.1, 0.15) is 0 Å². The number of carbonyl (C=O) groups is 1. The molecule has 0 rings (SSSR count). The first-order chi connectivity index (χ1) is 16.1. The second-order valence-corrected chi connectivity index (χ2v) is 11.2. The topological polar surface area (TPSA) is 26.3 Å². The van der Waals surface area contributed by atoms with Gasteiger partial charge < -0.3 is 4.74 Å². The number of ether oxygens (including phenoxy) is 1. The first-order valence-corrected chi connectivity index (χ1v) is 15.2. The molecule has 0 bridgehead atoms. The largest absolute Gasteiger partial charge is 0.466 e. The highest BCUT2D eigenvalue weighted by atomic mass is 16.5. The number of carbonyl (C=O) groups excluding carboxylic acids is 1. The lowest BCUT2D eigenvalue weighted by Gasteiger charge is -2.07. The van der Waals surface area contributed by atoms with Gasteiger partial charge in [-0.2, -0.15) is 0 Å². The van der Waals surface area contributed by atoms with E-state index < -0.39 is 0 Å². The van der Waals surface area contributed by atoms with Crippen LogP contribution in [0.25, 0.3) is 0 Å². The summed E-state index contributed by atoms with van der Waals surface area (Å²) >= 11 is 0. The maximum absolute atomic E-state index is 11.8. The maximum Gasteiger partial charge on any atom is 0.305 e. The average molecular weight is 467 g/mol. The fourth-order valence-electron chi connectivity index (χ4n) is 4.53. The first-order valence-electron chi connectivity index (χ1n) is 15.2. The summed E-state index contributed by atoms with van der Waals surface area (Å²) in [6.07, 6.45) is 29.8. The third-order valence-corrected chi connectivity index (χ3v) is 7.21. The minimum Gasteiger partial charge on any atom is -0.466 e. The molecule has 0 aliphatic rings. The summed E-state index contributed by atoms with van der Waals surface area (Å²) in [5.41, 5.74) is 0. The molecule has 0 spiro atoms. The van der Waals surface area contributed by atoms with Crippen LogP contribution < -0.4 is 0 Å². The Bertz CT molecular complexity index is 390. The number of rotatable bonds is 26. The molecule has 0 fully saturated rings. The van der Waals surface area contributed by atoms with E-state index in [1.54, 1.807) is 0 Å². The van der Waals surface area contributed by atoms with E-state index in [2.05, 4.69) is 27.7 Å². The van der Waals surface area contributed by atoms with Crippen molar-refractivity contribution >= 4 is 5.97 Å². The molecule has 0 amide bonds. The summed E-state index contributed by atoms with van der Waals surface area (Å²) in [5, 5.41) is 0. The second kappa shape index (κ2) is 26.1.